The Hall–Kier alpha value is -1.08. The second kappa shape index (κ2) is 10.7. The predicted molar refractivity (Wildman–Crippen MR) is 108 cm³/mol. The molecule has 1 nitrogen and oxygen atoms in total. The van der Waals surface area contributed by atoms with Crippen molar-refractivity contribution in [1.82, 2.24) is 0 Å². The van der Waals surface area contributed by atoms with E-state index >= 15 is 0 Å². The minimum absolute atomic E-state index is 0.0113. The lowest BCUT2D eigenvalue weighted by Gasteiger charge is -2.47. The van der Waals surface area contributed by atoms with Crippen LogP contribution in [-0.2, 0) is 6.42 Å². The Morgan fingerprint density at radius 1 is 0.917 bits per heavy atom. The smallest absolute Gasteiger partial charge is 0.0244 e. The van der Waals surface area contributed by atoms with E-state index < -0.39 is 0 Å². The molecular formula is C23H39N. The van der Waals surface area contributed by atoms with Crippen LogP contribution in [0.1, 0.15) is 84.1 Å². The van der Waals surface area contributed by atoms with Crippen LogP contribution in [0.15, 0.2) is 43.0 Å². The zero-order valence-electron chi connectivity index (χ0n) is 16.3. The molecule has 0 aliphatic carbocycles. The van der Waals surface area contributed by atoms with Gasteiger partial charge in [-0.05, 0) is 31.2 Å². The van der Waals surface area contributed by atoms with Crippen LogP contribution >= 0.6 is 0 Å². The van der Waals surface area contributed by atoms with Crippen LogP contribution in [0.3, 0.4) is 0 Å². The van der Waals surface area contributed by atoms with Gasteiger partial charge in [-0.1, -0.05) is 95.7 Å². The van der Waals surface area contributed by atoms with Gasteiger partial charge in [-0.2, -0.15) is 0 Å². The van der Waals surface area contributed by atoms with Crippen LogP contribution in [0.2, 0.25) is 0 Å². The lowest BCUT2D eigenvalue weighted by atomic mass is 9.61. The van der Waals surface area contributed by atoms with E-state index in [9.17, 15) is 0 Å². The van der Waals surface area contributed by atoms with Gasteiger partial charge in [0, 0.05) is 11.0 Å². The van der Waals surface area contributed by atoms with Gasteiger partial charge in [0.25, 0.3) is 0 Å². The average molecular weight is 330 g/mol. The molecule has 1 aromatic rings. The average Bonchev–Trinajstić information content (AvgIpc) is 2.63. The van der Waals surface area contributed by atoms with Crippen molar-refractivity contribution < 1.29 is 0 Å². The Balaban J connectivity index is 2.86. The van der Waals surface area contributed by atoms with E-state index in [0.717, 1.165) is 25.7 Å². The molecule has 1 unspecified atom stereocenters. The highest BCUT2D eigenvalue weighted by molar-refractivity contribution is 5.22. The van der Waals surface area contributed by atoms with E-state index in [1.165, 1.54) is 44.1 Å². The third kappa shape index (κ3) is 5.48. The molecule has 136 valence electrons. The van der Waals surface area contributed by atoms with Crippen molar-refractivity contribution in [2.75, 3.05) is 0 Å². The fraction of sp³-hybridized carbons (Fsp3) is 0.652. The van der Waals surface area contributed by atoms with E-state index in [4.69, 9.17) is 5.73 Å². The molecule has 0 saturated carbocycles. The molecule has 0 radical (unpaired) electrons. The first-order chi connectivity index (χ1) is 11.6. The topological polar surface area (TPSA) is 26.0 Å². The molecule has 0 amide bonds. The van der Waals surface area contributed by atoms with Gasteiger partial charge in [-0.25, -0.2) is 0 Å². The first kappa shape index (κ1) is 21.0. The molecule has 1 aromatic carbocycles. The summed E-state index contributed by atoms with van der Waals surface area (Å²) >= 11 is 0. The normalized spacial score (nSPS) is 14.3. The van der Waals surface area contributed by atoms with Crippen molar-refractivity contribution in [3.05, 3.63) is 48.6 Å². The first-order valence-electron chi connectivity index (χ1n) is 10.0. The van der Waals surface area contributed by atoms with E-state index in [1.807, 2.05) is 0 Å². The van der Waals surface area contributed by atoms with Crippen molar-refractivity contribution in [2.45, 2.75) is 90.5 Å². The monoisotopic (exact) mass is 329 g/mol. The van der Waals surface area contributed by atoms with Gasteiger partial charge in [-0.15, -0.1) is 6.58 Å². The van der Waals surface area contributed by atoms with Crippen molar-refractivity contribution >= 4 is 0 Å². The summed E-state index contributed by atoms with van der Waals surface area (Å²) in [7, 11) is 0. The van der Waals surface area contributed by atoms with Crippen molar-refractivity contribution in [2.24, 2.45) is 11.1 Å². The van der Waals surface area contributed by atoms with Gasteiger partial charge < -0.3 is 5.73 Å². The van der Waals surface area contributed by atoms with Gasteiger partial charge in [0.2, 0.25) is 0 Å². The fourth-order valence-electron chi connectivity index (χ4n) is 4.03. The van der Waals surface area contributed by atoms with E-state index in [2.05, 4.69) is 63.8 Å². The summed E-state index contributed by atoms with van der Waals surface area (Å²) in [4.78, 5) is 0. The molecule has 0 spiro atoms. The summed E-state index contributed by atoms with van der Waals surface area (Å²) in [6, 6.07) is 10.8. The maximum Gasteiger partial charge on any atom is 0.0244 e. The van der Waals surface area contributed by atoms with Gasteiger partial charge >= 0.3 is 0 Å². The molecule has 0 heterocycles. The SMILES string of the molecule is C=CC(CCCCCCCC)(Cc1ccccc1)C(N)(CC)CC. The van der Waals surface area contributed by atoms with Crippen molar-refractivity contribution in [3.8, 4) is 0 Å². The predicted octanol–water partition coefficient (Wildman–Crippen LogP) is 6.67. The van der Waals surface area contributed by atoms with Crippen LogP contribution in [0, 0.1) is 5.41 Å². The summed E-state index contributed by atoms with van der Waals surface area (Å²) in [5, 5.41) is 0. The molecule has 1 heteroatoms. The number of rotatable bonds is 13. The van der Waals surface area contributed by atoms with Crippen LogP contribution in [0.25, 0.3) is 0 Å². The first-order valence-corrected chi connectivity index (χ1v) is 10.0. The molecule has 0 aliphatic heterocycles. The molecule has 2 N–H and O–H groups in total. The van der Waals surface area contributed by atoms with Gasteiger partial charge in [0.1, 0.15) is 0 Å². The highest BCUT2D eigenvalue weighted by Crippen LogP contribution is 2.43. The molecule has 0 fully saturated rings. The summed E-state index contributed by atoms with van der Waals surface area (Å²) in [6.45, 7) is 11.0. The summed E-state index contributed by atoms with van der Waals surface area (Å²) < 4.78 is 0. The summed E-state index contributed by atoms with van der Waals surface area (Å²) in [5.74, 6) is 0. The number of hydrogen-bond donors (Lipinski definition) is 1. The Bertz CT molecular complexity index is 446. The molecule has 0 saturated heterocycles. The third-order valence-corrected chi connectivity index (χ3v) is 5.98. The second-order valence-electron chi connectivity index (χ2n) is 7.40. The molecule has 0 bridgehead atoms. The maximum atomic E-state index is 6.93. The minimum Gasteiger partial charge on any atom is -0.324 e. The zero-order valence-corrected chi connectivity index (χ0v) is 16.3. The van der Waals surface area contributed by atoms with Crippen molar-refractivity contribution in [1.29, 1.82) is 0 Å². The van der Waals surface area contributed by atoms with Crippen molar-refractivity contribution in [3.63, 3.8) is 0 Å². The number of nitrogens with two attached hydrogens (primary N) is 1. The van der Waals surface area contributed by atoms with Crippen LogP contribution < -0.4 is 5.73 Å². The highest BCUT2D eigenvalue weighted by atomic mass is 14.8. The van der Waals surface area contributed by atoms with Crippen LogP contribution in [-0.4, -0.2) is 5.54 Å². The van der Waals surface area contributed by atoms with Crippen LogP contribution in [0.5, 0.6) is 0 Å². The fourth-order valence-corrected chi connectivity index (χ4v) is 4.03. The largest absolute Gasteiger partial charge is 0.324 e. The van der Waals surface area contributed by atoms with Crippen LogP contribution in [0.4, 0.5) is 0 Å². The number of hydrogen-bond acceptors (Lipinski definition) is 1. The quantitative estimate of drug-likeness (QED) is 0.317. The molecule has 0 aromatic heterocycles. The second-order valence-corrected chi connectivity index (χ2v) is 7.40. The zero-order chi connectivity index (χ0) is 17.9. The van der Waals surface area contributed by atoms with E-state index in [1.54, 1.807) is 0 Å². The van der Waals surface area contributed by atoms with Gasteiger partial charge in [0.15, 0.2) is 0 Å². The lowest BCUT2D eigenvalue weighted by molar-refractivity contribution is 0.145. The minimum atomic E-state index is -0.173. The Morgan fingerprint density at radius 3 is 2.04 bits per heavy atom. The summed E-state index contributed by atoms with van der Waals surface area (Å²) in [5.41, 5.74) is 8.12. The van der Waals surface area contributed by atoms with E-state index in [0.29, 0.717) is 0 Å². The Morgan fingerprint density at radius 2 is 1.50 bits per heavy atom. The summed E-state index contributed by atoms with van der Waals surface area (Å²) in [6.07, 6.45) is 14.3. The van der Waals surface area contributed by atoms with Gasteiger partial charge in [-0.3, -0.25) is 0 Å². The Labute approximate surface area is 150 Å². The molecular weight excluding hydrogens is 290 g/mol. The van der Waals surface area contributed by atoms with Gasteiger partial charge in [0.05, 0.1) is 0 Å². The molecule has 0 aliphatic rings. The third-order valence-electron chi connectivity index (χ3n) is 5.98. The molecule has 1 rings (SSSR count). The number of benzene rings is 1. The molecule has 1 atom stereocenters. The van der Waals surface area contributed by atoms with E-state index in [-0.39, 0.29) is 11.0 Å². The maximum absolute atomic E-state index is 6.93. The highest BCUT2D eigenvalue weighted by Gasteiger charge is 2.43. The standard InChI is InChI=1S/C23H39N/c1-5-9-10-11-12-16-19-22(6-2,23(24,7-3)8-4)20-21-17-14-13-15-18-21/h6,13-15,17-18H,2,5,7-12,16,19-20,24H2,1,3-4H3. The number of unbranched alkanes of at least 4 members (excludes halogenated alkanes) is 5. The molecule has 24 heavy (non-hydrogen) atoms. The lowest BCUT2D eigenvalue weighted by Crippen LogP contribution is -2.55. The Kier molecular flexibility index (Phi) is 9.36.